The Kier molecular flexibility index (Phi) is 4.97. The van der Waals surface area contributed by atoms with Gasteiger partial charge in [-0.3, -0.25) is 0 Å². The smallest absolute Gasteiger partial charge is 0.407 e. The molecule has 0 aliphatic carbocycles. The number of hydrogen-bond acceptors (Lipinski definition) is 3. The van der Waals surface area contributed by atoms with Crippen molar-refractivity contribution in [3.63, 3.8) is 0 Å². The second kappa shape index (κ2) is 6.25. The quantitative estimate of drug-likeness (QED) is 0.844. The first-order valence-corrected chi connectivity index (χ1v) is 5.71. The van der Waals surface area contributed by atoms with E-state index in [0.29, 0.717) is 0 Å². The molecule has 0 aliphatic heterocycles. The Morgan fingerprint density at radius 3 is 2.35 bits per heavy atom. The summed E-state index contributed by atoms with van der Waals surface area (Å²) in [6.07, 6.45) is -1.71. The van der Waals surface area contributed by atoms with Crippen LogP contribution in [-0.2, 0) is 4.74 Å². The number of benzene rings is 1. The molecule has 1 amide bonds. The van der Waals surface area contributed by atoms with E-state index >= 15 is 0 Å². The van der Waals surface area contributed by atoms with E-state index in [0.717, 1.165) is 5.56 Å². The van der Waals surface area contributed by atoms with Crippen LogP contribution in [0.4, 0.5) is 4.79 Å². The Morgan fingerprint density at radius 1 is 1.24 bits per heavy atom. The molecule has 0 saturated heterocycles. The maximum absolute atomic E-state index is 11.5. The lowest BCUT2D eigenvalue weighted by molar-refractivity contribution is 0.0213. The fourth-order valence-electron chi connectivity index (χ4n) is 1.30. The van der Waals surface area contributed by atoms with Crippen LogP contribution < -0.4 is 5.32 Å². The third kappa shape index (κ3) is 4.44. The predicted molar refractivity (Wildman–Crippen MR) is 65.6 cm³/mol. The average molecular weight is 237 g/mol. The highest BCUT2D eigenvalue weighted by atomic mass is 16.6. The molecule has 0 radical (unpaired) electrons. The number of rotatable bonds is 4. The van der Waals surface area contributed by atoms with Crippen LogP contribution in [0.1, 0.15) is 32.4 Å². The first-order valence-electron chi connectivity index (χ1n) is 5.71. The number of aliphatic hydroxyl groups excluding tert-OH is 1. The monoisotopic (exact) mass is 237 g/mol. The molecule has 0 aliphatic rings. The lowest BCUT2D eigenvalue weighted by Crippen LogP contribution is -2.34. The molecule has 94 valence electrons. The predicted octanol–water partition coefficient (Wildman–Crippen LogP) is 2.24. The van der Waals surface area contributed by atoms with Crippen molar-refractivity contribution in [3.8, 4) is 0 Å². The van der Waals surface area contributed by atoms with Crippen molar-refractivity contribution >= 4 is 6.09 Å². The summed E-state index contributed by atoms with van der Waals surface area (Å²) >= 11 is 0. The Bertz CT molecular complexity index is 351. The van der Waals surface area contributed by atoms with Crippen LogP contribution in [0.15, 0.2) is 30.3 Å². The Morgan fingerprint density at radius 2 is 1.82 bits per heavy atom. The molecule has 0 fully saturated rings. The number of aliphatic hydroxyl groups is 1. The summed E-state index contributed by atoms with van der Waals surface area (Å²) in [6.45, 7) is 5.11. The van der Waals surface area contributed by atoms with Gasteiger partial charge in [-0.05, 0) is 26.3 Å². The molecular weight excluding hydrogens is 218 g/mol. The van der Waals surface area contributed by atoms with Crippen LogP contribution in [0.5, 0.6) is 0 Å². The van der Waals surface area contributed by atoms with Gasteiger partial charge in [0.2, 0.25) is 0 Å². The molecular formula is C13H19NO3. The van der Waals surface area contributed by atoms with Crippen LogP contribution in [-0.4, -0.2) is 23.4 Å². The maximum atomic E-state index is 11.5. The highest BCUT2D eigenvalue weighted by molar-refractivity contribution is 5.68. The highest BCUT2D eigenvalue weighted by Crippen LogP contribution is 2.11. The number of amides is 1. The molecule has 17 heavy (non-hydrogen) atoms. The van der Waals surface area contributed by atoms with E-state index in [2.05, 4.69) is 5.32 Å². The highest BCUT2D eigenvalue weighted by Gasteiger charge is 2.16. The Hall–Kier alpha value is -1.55. The van der Waals surface area contributed by atoms with E-state index in [1.807, 2.05) is 37.3 Å². The molecule has 4 nitrogen and oxygen atoms in total. The zero-order chi connectivity index (χ0) is 12.8. The van der Waals surface area contributed by atoms with Gasteiger partial charge < -0.3 is 15.2 Å². The van der Waals surface area contributed by atoms with Gasteiger partial charge in [-0.15, -0.1) is 0 Å². The molecule has 0 unspecified atom stereocenters. The number of carbonyl (C=O) groups is 1. The van der Waals surface area contributed by atoms with E-state index in [9.17, 15) is 9.90 Å². The molecule has 2 N–H and O–H groups in total. The standard InChI is InChI=1S/C13H19NO3/c1-9(12-7-5-4-6-8-12)14-13(16)17-11(3)10(2)15/h4-11,15H,1-3H3,(H,14,16)/t9-,10-,11-/m1/s1. The average Bonchev–Trinajstić information content (AvgIpc) is 2.29. The zero-order valence-electron chi connectivity index (χ0n) is 10.4. The van der Waals surface area contributed by atoms with Crippen LogP contribution in [0.25, 0.3) is 0 Å². The van der Waals surface area contributed by atoms with Gasteiger partial charge in [0, 0.05) is 0 Å². The van der Waals surface area contributed by atoms with Crippen molar-refractivity contribution in [2.75, 3.05) is 0 Å². The first-order chi connectivity index (χ1) is 8.00. The second-order valence-corrected chi connectivity index (χ2v) is 4.13. The molecule has 3 atom stereocenters. The largest absolute Gasteiger partial charge is 0.444 e. The van der Waals surface area contributed by atoms with Crippen molar-refractivity contribution in [1.29, 1.82) is 0 Å². The summed E-state index contributed by atoms with van der Waals surface area (Å²) in [6, 6.07) is 9.50. The lowest BCUT2D eigenvalue weighted by atomic mass is 10.1. The van der Waals surface area contributed by atoms with E-state index in [4.69, 9.17) is 4.74 Å². The topological polar surface area (TPSA) is 58.6 Å². The van der Waals surface area contributed by atoms with Crippen molar-refractivity contribution in [2.45, 2.75) is 39.0 Å². The number of hydrogen-bond donors (Lipinski definition) is 2. The van der Waals surface area contributed by atoms with Crippen LogP contribution in [0, 0.1) is 0 Å². The fraction of sp³-hybridized carbons (Fsp3) is 0.462. The van der Waals surface area contributed by atoms with E-state index in [1.165, 1.54) is 0 Å². The molecule has 0 saturated carbocycles. The molecule has 4 heteroatoms. The third-order valence-electron chi connectivity index (χ3n) is 2.61. The first kappa shape index (κ1) is 13.5. The summed E-state index contributed by atoms with van der Waals surface area (Å²) < 4.78 is 5.00. The fourth-order valence-corrected chi connectivity index (χ4v) is 1.30. The van der Waals surface area contributed by atoms with Crippen molar-refractivity contribution < 1.29 is 14.6 Å². The van der Waals surface area contributed by atoms with Crippen molar-refractivity contribution in [1.82, 2.24) is 5.32 Å². The normalized spacial score (nSPS) is 15.8. The van der Waals surface area contributed by atoms with Gasteiger partial charge in [-0.1, -0.05) is 30.3 Å². The number of nitrogens with one attached hydrogen (secondary N) is 1. The summed E-state index contributed by atoms with van der Waals surface area (Å²) in [4.78, 5) is 11.5. The third-order valence-corrected chi connectivity index (χ3v) is 2.61. The zero-order valence-corrected chi connectivity index (χ0v) is 10.4. The summed E-state index contributed by atoms with van der Waals surface area (Å²) in [5.74, 6) is 0. The van der Waals surface area contributed by atoms with Crippen LogP contribution >= 0.6 is 0 Å². The van der Waals surface area contributed by atoms with Crippen LogP contribution in [0.3, 0.4) is 0 Å². The minimum atomic E-state index is -0.673. The molecule has 0 aromatic heterocycles. The van der Waals surface area contributed by atoms with Crippen LogP contribution in [0.2, 0.25) is 0 Å². The maximum Gasteiger partial charge on any atom is 0.407 e. The van der Waals surface area contributed by atoms with E-state index in [-0.39, 0.29) is 6.04 Å². The van der Waals surface area contributed by atoms with Gasteiger partial charge in [0.15, 0.2) is 0 Å². The van der Waals surface area contributed by atoms with Gasteiger partial charge in [0.25, 0.3) is 0 Å². The molecule has 0 bridgehead atoms. The lowest BCUT2D eigenvalue weighted by Gasteiger charge is -2.19. The van der Waals surface area contributed by atoms with Gasteiger partial charge in [-0.2, -0.15) is 0 Å². The number of alkyl carbamates (subject to hydrolysis) is 1. The minimum Gasteiger partial charge on any atom is -0.444 e. The van der Waals surface area contributed by atoms with Gasteiger partial charge in [-0.25, -0.2) is 4.79 Å². The number of ether oxygens (including phenoxy) is 1. The second-order valence-electron chi connectivity index (χ2n) is 4.13. The molecule has 1 aromatic carbocycles. The molecule has 1 aromatic rings. The van der Waals surface area contributed by atoms with Gasteiger partial charge in [0.05, 0.1) is 12.1 Å². The summed E-state index contributed by atoms with van der Waals surface area (Å²) in [5.41, 5.74) is 1.01. The Labute approximate surface area is 102 Å². The SMILES string of the molecule is C[C@@H](NC(=O)O[C@H](C)[C@@H](C)O)c1ccccc1. The Balaban J connectivity index is 2.47. The molecule has 0 heterocycles. The minimum absolute atomic E-state index is 0.120. The molecule has 0 spiro atoms. The van der Waals surface area contributed by atoms with Gasteiger partial charge in [0.1, 0.15) is 6.10 Å². The van der Waals surface area contributed by atoms with Gasteiger partial charge >= 0.3 is 6.09 Å². The molecule has 1 rings (SSSR count). The van der Waals surface area contributed by atoms with Crippen molar-refractivity contribution in [2.24, 2.45) is 0 Å². The van der Waals surface area contributed by atoms with E-state index in [1.54, 1.807) is 13.8 Å². The summed E-state index contributed by atoms with van der Waals surface area (Å²) in [7, 11) is 0. The summed E-state index contributed by atoms with van der Waals surface area (Å²) in [5, 5.41) is 11.9. The number of carbonyl (C=O) groups excluding carboxylic acids is 1. The van der Waals surface area contributed by atoms with Crippen molar-refractivity contribution in [3.05, 3.63) is 35.9 Å². The van der Waals surface area contributed by atoms with E-state index < -0.39 is 18.3 Å².